The first-order valence-corrected chi connectivity index (χ1v) is 20.5. The zero-order valence-corrected chi connectivity index (χ0v) is 32.1. The number of aryl methyl sites for hydroxylation is 1. The van der Waals surface area contributed by atoms with Crippen LogP contribution in [0.3, 0.4) is 0 Å². The number of ketones is 1. The first-order chi connectivity index (χ1) is 25.3. The van der Waals surface area contributed by atoms with E-state index in [9.17, 15) is 22.8 Å². The number of rotatable bonds is 8. The Balaban J connectivity index is 1.22. The van der Waals surface area contributed by atoms with Crippen LogP contribution in [-0.2, 0) is 24.4 Å². The summed E-state index contributed by atoms with van der Waals surface area (Å²) >= 11 is 0. The van der Waals surface area contributed by atoms with Crippen LogP contribution in [-0.4, -0.2) is 72.9 Å². The number of methoxy groups -OCH3 is 1. The summed E-state index contributed by atoms with van der Waals surface area (Å²) in [6.45, 7) is 6.71. The fourth-order valence-electron chi connectivity index (χ4n) is 8.17. The van der Waals surface area contributed by atoms with Gasteiger partial charge in [0, 0.05) is 48.6 Å². The van der Waals surface area contributed by atoms with Crippen LogP contribution in [0.2, 0.25) is 0 Å². The van der Waals surface area contributed by atoms with Gasteiger partial charge in [0.15, 0.2) is 0 Å². The van der Waals surface area contributed by atoms with Gasteiger partial charge in [-0.15, -0.1) is 0 Å². The molecule has 282 valence electrons. The van der Waals surface area contributed by atoms with Gasteiger partial charge in [0.05, 0.1) is 40.6 Å². The molecule has 3 fully saturated rings. The highest BCUT2D eigenvalue weighted by Gasteiger charge is 2.61. The molecule has 0 bridgehead atoms. The van der Waals surface area contributed by atoms with Crippen molar-refractivity contribution < 1.29 is 32.3 Å². The van der Waals surface area contributed by atoms with E-state index in [-0.39, 0.29) is 36.4 Å². The van der Waals surface area contributed by atoms with Gasteiger partial charge in [0.1, 0.15) is 23.4 Å². The maximum absolute atomic E-state index is 14.4. The zero-order chi connectivity index (χ0) is 37.7. The second-order valence-electron chi connectivity index (χ2n) is 15.8. The fraction of sp³-hybridized carbons (Fsp3) is 0.537. The van der Waals surface area contributed by atoms with Crippen LogP contribution in [0.15, 0.2) is 48.6 Å². The van der Waals surface area contributed by atoms with E-state index in [1.807, 2.05) is 55.5 Å². The zero-order valence-electron chi connectivity index (χ0n) is 31.3. The van der Waals surface area contributed by atoms with Crippen molar-refractivity contribution in [2.75, 3.05) is 20.7 Å². The standard InChI is InChI=1S/C41H50N4O7S/c1-24(2)32-12-10-13-33(42-32)34-21-37(29-16-17-36(51-5)25(3)38(29)43-34)52-27-19-30-31(20-27)39(47)45(4)18-9-7-6-8-11-26-22-41(26,23-35(30)46)40(48)44-53(49,50)28-14-15-28/h8,10-13,16-17,21,24,26-28,30-31H,6-7,9,14-15,18-20,22-23H2,1-5H3,(H,44,48)/b11-8-/t26-,27-,30-,31-,41-/m1/s1. The molecule has 1 aromatic carbocycles. The van der Waals surface area contributed by atoms with Crippen molar-refractivity contribution in [3.05, 3.63) is 59.8 Å². The summed E-state index contributed by atoms with van der Waals surface area (Å²) in [6.07, 6.45) is 7.90. The molecule has 0 unspecified atom stereocenters. The van der Waals surface area contributed by atoms with Crippen LogP contribution in [0.1, 0.15) is 88.8 Å². The number of nitrogens with zero attached hydrogens (tertiary/aromatic N) is 3. The molecule has 1 N–H and O–H groups in total. The lowest BCUT2D eigenvalue weighted by Crippen LogP contribution is -2.42. The number of hydrogen-bond donors (Lipinski definition) is 1. The molecule has 3 saturated carbocycles. The highest BCUT2D eigenvalue weighted by molar-refractivity contribution is 7.90. The van der Waals surface area contributed by atoms with Gasteiger partial charge in [-0.3, -0.25) is 24.1 Å². The van der Waals surface area contributed by atoms with E-state index in [0.29, 0.717) is 60.6 Å². The van der Waals surface area contributed by atoms with Gasteiger partial charge in [-0.25, -0.2) is 13.4 Å². The van der Waals surface area contributed by atoms with E-state index >= 15 is 0 Å². The number of pyridine rings is 2. The topological polar surface area (TPSA) is 145 Å². The third kappa shape index (κ3) is 7.43. The predicted octanol–water partition coefficient (Wildman–Crippen LogP) is 6.28. The van der Waals surface area contributed by atoms with Crippen molar-refractivity contribution in [2.45, 2.75) is 95.8 Å². The molecule has 4 aliphatic rings. The molecule has 53 heavy (non-hydrogen) atoms. The molecule has 1 aliphatic heterocycles. The highest BCUT2D eigenvalue weighted by atomic mass is 32.2. The molecule has 5 atom stereocenters. The molecule has 3 aromatic rings. The van der Waals surface area contributed by atoms with Gasteiger partial charge in [-0.1, -0.05) is 32.1 Å². The minimum Gasteiger partial charge on any atom is -0.496 e. The highest BCUT2D eigenvalue weighted by Crippen LogP contribution is 2.58. The van der Waals surface area contributed by atoms with Crippen LogP contribution in [0.5, 0.6) is 11.5 Å². The number of allylic oxidation sites excluding steroid dienone is 2. The Labute approximate surface area is 312 Å². The van der Waals surface area contributed by atoms with E-state index in [2.05, 4.69) is 18.6 Å². The molecule has 0 saturated heterocycles. The SMILES string of the molecule is COc1ccc2c(O[C@@H]3C[C@H]4C(=O)C[C@]5(C(=O)NS(=O)(=O)C6CC6)C[C@H]5/C=C\CCCCN(C)C(=O)[C@@H]4C3)cc(-c3cccc(C(C)C)n3)nc2c1C. The summed E-state index contributed by atoms with van der Waals surface area (Å²) in [4.78, 5) is 53.9. The van der Waals surface area contributed by atoms with Gasteiger partial charge >= 0.3 is 0 Å². The number of aromatic nitrogens is 2. The Morgan fingerprint density at radius 1 is 1.02 bits per heavy atom. The molecule has 3 aliphatic carbocycles. The maximum Gasteiger partial charge on any atom is 0.240 e. The van der Waals surface area contributed by atoms with Crippen molar-refractivity contribution in [2.24, 2.45) is 23.2 Å². The average Bonchev–Trinajstić information content (AvgIpc) is 4.06. The number of sulfonamides is 1. The largest absolute Gasteiger partial charge is 0.496 e. The molecule has 11 nitrogen and oxygen atoms in total. The number of hydrogen-bond acceptors (Lipinski definition) is 9. The lowest BCUT2D eigenvalue weighted by Gasteiger charge is -2.26. The maximum atomic E-state index is 14.4. The number of benzene rings is 1. The number of Topliss-reactive ketones (excluding diaryl/α,β-unsaturated/α-hetero) is 1. The number of carbonyl (C=O) groups is 3. The van der Waals surface area contributed by atoms with Gasteiger partial charge in [0.2, 0.25) is 21.8 Å². The van der Waals surface area contributed by atoms with Crippen LogP contribution in [0, 0.1) is 30.1 Å². The van der Waals surface area contributed by atoms with Crippen molar-refractivity contribution >= 4 is 38.5 Å². The van der Waals surface area contributed by atoms with Crippen molar-refractivity contribution in [3.8, 4) is 22.9 Å². The van der Waals surface area contributed by atoms with Crippen LogP contribution in [0.4, 0.5) is 0 Å². The minimum atomic E-state index is -3.79. The number of fused-ring (bicyclic) bond motifs is 3. The molecule has 7 rings (SSSR count). The van der Waals surface area contributed by atoms with Gasteiger partial charge < -0.3 is 14.4 Å². The fourth-order valence-corrected chi connectivity index (χ4v) is 9.56. The lowest BCUT2D eigenvalue weighted by atomic mass is 9.84. The first-order valence-electron chi connectivity index (χ1n) is 18.9. The Morgan fingerprint density at radius 3 is 2.53 bits per heavy atom. The molecule has 12 heteroatoms. The molecule has 2 aromatic heterocycles. The molecular formula is C41H50N4O7S. The number of amides is 2. The van der Waals surface area contributed by atoms with Crippen molar-refractivity contribution in [1.29, 1.82) is 0 Å². The average molecular weight is 743 g/mol. The minimum absolute atomic E-state index is 0.111. The Kier molecular flexibility index (Phi) is 10.1. The Morgan fingerprint density at radius 2 is 1.79 bits per heavy atom. The predicted molar refractivity (Wildman–Crippen MR) is 202 cm³/mol. The molecule has 2 amide bonds. The van der Waals surface area contributed by atoms with E-state index in [1.165, 1.54) is 0 Å². The summed E-state index contributed by atoms with van der Waals surface area (Å²) in [5.74, 6) is -0.997. The van der Waals surface area contributed by atoms with E-state index in [1.54, 1.807) is 19.1 Å². The summed E-state index contributed by atoms with van der Waals surface area (Å²) < 4.78 is 40.4. The number of carbonyl (C=O) groups excluding carboxylic acids is 3. The second-order valence-corrected chi connectivity index (χ2v) is 17.8. The number of ether oxygens (including phenoxy) is 2. The summed E-state index contributed by atoms with van der Waals surface area (Å²) in [5.41, 5.74) is 2.69. The second kappa shape index (κ2) is 14.5. The summed E-state index contributed by atoms with van der Waals surface area (Å²) in [7, 11) is -0.386. The van der Waals surface area contributed by atoms with E-state index < -0.39 is 44.5 Å². The van der Waals surface area contributed by atoms with Crippen molar-refractivity contribution in [3.63, 3.8) is 0 Å². The van der Waals surface area contributed by atoms with E-state index in [4.69, 9.17) is 19.4 Å². The van der Waals surface area contributed by atoms with Gasteiger partial charge in [-0.05, 0) is 94.4 Å². The smallest absolute Gasteiger partial charge is 0.240 e. The van der Waals surface area contributed by atoms with Crippen LogP contribution in [0.25, 0.3) is 22.3 Å². The summed E-state index contributed by atoms with van der Waals surface area (Å²) in [5, 5.41) is 0.222. The molecule has 0 radical (unpaired) electrons. The van der Waals surface area contributed by atoms with Crippen LogP contribution >= 0.6 is 0 Å². The number of nitrogens with one attached hydrogen (secondary N) is 1. The van der Waals surface area contributed by atoms with Gasteiger partial charge in [0.25, 0.3) is 0 Å². The summed E-state index contributed by atoms with van der Waals surface area (Å²) in [6, 6.07) is 11.6. The van der Waals surface area contributed by atoms with E-state index in [0.717, 1.165) is 35.9 Å². The van der Waals surface area contributed by atoms with Crippen LogP contribution < -0.4 is 14.2 Å². The quantitative estimate of drug-likeness (QED) is 0.264. The monoisotopic (exact) mass is 742 g/mol. The normalized spacial score (nSPS) is 27.2. The third-order valence-electron chi connectivity index (χ3n) is 11.7. The Hall–Kier alpha value is -4.32. The van der Waals surface area contributed by atoms with Gasteiger partial charge in [-0.2, -0.15) is 0 Å². The Bertz CT molecular complexity index is 2080. The molecule has 3 heterocycles. The first kappa shape index (κ1) is 37.0. The molecule has 0 spiro atoms. The third-order valence-corrected chi connectivity index (χ3v) is 13.5. The van der Waals surface area contributed by atoms with Crippen molar-refractivity contribution in [1.82, 2.24) is 19.6 Å². The lowest BCUT2D eigenvalue weighted by molar-refractivity contribution is -0.140. The molecular weight excluding hydrogens is 693 g/mol.